The van der Waals surface area contributed by atoms with E-state index < -0.39 is 5.41 Å². The van der Waals surface area contributed by atoms with Crippen LogP contribution in [0.25, 0.3) is 10.2 Å². The Morgan fingerprint density at radius 1 is 1.13 bits per heavy atom. The standard InChI is InChI=1S/C19H20N2OS/c1-3-20-18(22)19(2,14-9-5-4-6-10-14)13-17-21-15-11-7-8-12-16(15)23-17/h4-12H,3,13H2,1-2H3,(H,20,22). The first-order valence-corrected chi connectivity index (χ1v) is 8.63. The van der Waals surface area contributed by atoms with Gasteiger partial charge in [-0.2, -0.15) is 0 Å². The molecule has 0 bridgehead atoms. The van der Waals surface area contributed by atoms with Gasteiger partial charge < -0.3 is 5.32 Å². The molecule has 3 nitrogen and oxygen atoms in total. The molecule has 4 heteroatoms. The van der Waals surface area contributed by atoms with Crippen molar-refractivity contribution in [2.24, 2.45) is 0 Å². The van der Waals surface area contributed by atoms with Crippen LogP contribution in [0.4, 0.5) is 0 Å². The van der Waals surface area contributed by atoms with Crippen LogP contribution < -0.4 is 5.32 Å². The van der Waals surface area contributed by atoms with Gasteiger partial charge in [0.2, 0.25) is 5.91 Å². The summed E-state index contributed by atoms with van der Waals surface area (Å²) in [5, 5.41) is 3.97. The fourth-order valence-electron chi connectivity index (χ4n) is 2.77. The number of hydrogen-bond acceptors (Lipinski definition) is 3. The summed E-state index contributed by atoms with van der Waals surface area (Å²) in [6, 6.07) is 18.1. The summed E-state index contributed by atoms with van der Waals surface area (Å²) in [6.07, 6.45) is 0.599. The Labute approximate surface area is 140 Å². The lowest BCUT2D eigenvalue weighted by molar-refractivity contribution is -0.126. The van der Waals surface area contributed by atoms with Gasteiger partial charge in [-0.25, -0.2) is 4.98 Å². The van der Waals surface area contributed by atoms with E-state index >= 15 is 0 Å². The molecule has 1 N–H and O–H groups in total. The molecule has 0 radical (unpaired) electrons. The van der Waals surface area contributed by atoms with E-state index in [2.05, 4.69) is 11.4 Å². The monoisotopic (exact) mass is 324 g/mol. The molecule has 1 unspecified atom stereocenters. The average molecular weight is 324 g/mol. The predicted molar refractivity (Wildman–Crippen MR) is 95.8 cm³/mol. The van der Waals surface area contributed by atoms with Crippen LogP contribution in [-0.2, 0) is 16.6 Å². The highest BCUT2D eigenvalue weighted by atomic mass is 32.1. The van der Waals surface area contributed by atoms with Crippen LogP contribution in [0.5, 0.6) is 0 Å². The Morgan fingerprint density at radius 2 is 1.83 bits per heavy atom. The van der Waals surface area contributed by atoms with Crippen molar-refractivity contribution >= 4 is 27.5 Å². The lowest BCUT2D eigenvalue weighted by atomic mass is 9.78. The predicted octanol–water partition coefficient (Wildman–Crippen LogP) is 3.93. The highest BCUT2D eigenvalue weighted by Gasteiger charge is 2.36. The molecule has 0 spiro atoms. The highest BCUT2D eigenvalue weighted by Crippen LogP contribution is 2.32. The van der Waals surface area contributed by atoms with Gasteiger partial charge in [0.1, 0.15) is 0 Å². The van der Waals surface area contributed by atoms with Gasteiger partial charge in [-0.3, -0.25) is 4.79 Å². The zero-order valence-corrected chi connectivity index (χ0v) is 14.2. The normalized spacial score (nSPS) is 13.7. The van der Waals surface area contributed by atoms with Gasteiger partial charge >= 0.3 is 0 Å². The van der Waals surface area contributed by atoms with Gasteiger partial charge in [0.05, 0.1) is 20.6 Å². The Bertz CT molecular complexity index is 779. The molecule has 0 aliphatic rings. The Kier molecular flexibility index (Phi) is 4.44. The molecule has 0 aliphatic heterocycles. The first-order chi connectivity index (χ1) is 11.1. The summed E-state index contributed by atoms with van der Waals surface area (Å²) in [4.78, 5) is 17.5. The van der Waals surface area contributed by atoms with Crippen LogP contribution >= 0.6 is 11.3 Å². The molecule has 118 valence electrons. The van der Waals surface area contributed by atoms with E-state index in [4.69, 9.17) is 4.98 Å². The van der Waals surface area contributed by atoms with Gasteiger partial charge in [-0.15, -0.1) is 11.3 Å². The van der Waals surface area contributed by atoms with Crippen LogP contribution in [0.2, 0.25) is 0 Å². The van der Waals surface area contributed by atoms with Crippen molar-refractivity contribution in [2.75, 3.05) is 6.54 Å². The molecule has 1 aromatic heterocycles. The summed E-state index contributed by atoms with van der Waals surface area (Å²) in [5.41, 5.74) is 1.40. The molecule has 1 atom stereocenters. The Morgan fingerprint density at radius 3 is 2.52 bits per heavy atom. The Balaban J connectivity index is 2.00. The third kappa shape index (κ3) is 3.13. The number of thiazole rings is 1. The summed E-state index contributed by atoms with van der Waals surface area (Å²) in [6.45, 7) is 4.57. The third-order valence-corrected chi connectivity index (χ3v) is 5.13. The van der Waals surface area contributed by atoms with E-state index in [9.17, 15) is 4.79 Å². The van der Waals surface area contributed by atoms with E-state index in [1.165, 1.54) is 0 Å². The lowest BCUT2D eigenvalue weighted by Crippen LogP contribution is -2.43. The molecule has 3 aromatic rings. The van der Waals surface area contributed by atoms with E-state index in [1.54, 1.807) is 11.3 Å². The van der Waals surface area contributed by atoms with Crippen LogP contribution in [0.15, 0.2) is 54.6 Å². The first-order valence-electron chi connectivity index (χ1n) is 7.82. The maximum Gasteiger partial charge on any atom is 0.230 e. The van der Waals surface area contributed by atoms with Crippen molar-refractivity contribution in [1.29, 1.82) is 0 Å². The van der Waals surface area contributed by atoms with Gasteiger partial charge in [0.15, 0.2) is 0 Å². The van der Waals surface area contributed by atoms with E-state index in [0.29, 0.717) is 13.0 Å². The van der Waals surface area contributed by atoms with Crippen molar-refractivity contribution in [3.63, 3.8) is 0 Å². The van der Waals surface area contributed by atoms with Crippen molar-refractivity contribution < 1.29 is 4.79 Å². The maximum atomic E-state index is 12.8. The van der Waals surface area contributed by atoms with Crippen molar-refractivity contribution in [2.45, 2.75) is 25.7 Å². The zero-order chi connectivity index (χ0) is 16.3. The van der Waals surface area contributed by atoms with E-state index in [1.807, 2.05) is 62.4 Å². The number of nitrogens with zero attached hydrogens (tertiary/aromatic N) is 1. The zero-order valence-electron chi connectivity index (χ0n) is 13.4. The fourth-order valence-corrected chi connectivity index (χ4v) is 3.90. The number of rotatable bonds is 5. The summed E-state index contributed by atoms with van der Waals surface area (Å²) in [5.74, 6) is 0.0467. The second-order valence-corrected chi connectivity index (χ2v) is 6.92. The number of amides is 1. The highest BCUT2D eigenvalue weighted by molar-refractivity contribution is 7.18. The summed E-state index contributed by atoms with van der Waals surface area (Å²) < 4.78 is 1.16. The van der Waals surface area contributed by atoms with Crippen molar-refractivity contribution in [3.8, 4) is 0 Å². The SMILES string of the molecule is CCNC(=O)C(C)(Cc1nc2ccccc2s1)c1ccccc1. The second kappa shape index (κ2) is 6.50. The number of carbonyl (C=O) groups excluding carboxylic acids is 1. The molecule has 23 heavy (non-hydrogen) atoms. The number of carbonyl (C=O) groups is 1. The number of hydrogen-bond donors (Lipinski definition) is 1. The van der Waals surface area contributed by atoms with E-state index in [0.717, 1.165) is 20.8 Å². The molecular formula is C19H20N2OS. The minimum Gasteiger partial charge on any atom is -0.356 e. The van der Waals surface area contributed by atoms with Crippen LogP contribution in [0, 0.1) is 0 Å². The quantitative estimate of drug-likeness (QED) is 0.772. The van der Waals surface area contributed by atoms with Crippen molar-refractivity contribution in [3.05, 3.63) is 65.2 Å². The van der Waals surface area contributed by atoms with Crippen LogP contribution in [-0.4, -0.2) is 17.4 Å². The Hall–Kier alpha value is -2.20. The second-order valence-electron chi connectivity index (χ2n) is 5.81. The minimum atomic E-state index is -0.620. The first kappa shape index (κ1) is 15.7. The smallest absolute Gasteiger partial charge is 0.230 e. The molecule has 2 aromatic carbocycles. The maximum absolute atomic E-state index is 12.8. The van der Waals surface area contributed by atoms with Crippen molar-refractivity contribution in [1.82, 2.24) is 10.3 Å². The number of aromatic nitrogens is 1. The van der Waals surface area contributed by atoms with Crippen LogP contribution in [0.1, 0.15) is 24.4 Å². The molecule has 1 amide bonds. The molecular weight excluding hydrogens is 304 g/mol. The van der Waals surface area contributed by atoms with Gasteiger partial charge in [0.25, 0.3) is 0 Å². The minimum absolute atomic E-state index is 0.0467. The number of benzene rings is 2. The summed E-state index contributed by atoms with van der Waals surface area (Å²) >= 11 is 1.66. The average Bonchev–Trinajstić information content (AvgIpc) is 2.97. The molecule has 0 fully saturated rings. The van der Waals surface area contributed by atoms with Crippen LogP contribution in [0.3, 0.4) is 0 Å². The van der Waals surface area contributed by atoms with Gasteiger partial charge in [0, 0.05) is 13.0 Å². The van der Waals surface area contributed by atoms with Gasteiger partial charge in [-0.05, 0) is 31.5 Å². The van der Waals surface area contributed by atoms with E-state index in [-0.39, 0.29) is 5.91 Å². The number of nitrogens with one attached hydrogen (secondary N) is 1. The fraction of sp³-hybridized carbons (Fsp3) is 0.263. The summed E-state index contributed by atoms with van der Waals surface area (Å²) in [7, 11) is 0. The largest absolute Gasteiger partial charge is 0.356 e. The molecule has 3 rings (SSSR count). The third-order valence-electron chi connectivity index (χ3n) is 4.09. The number of fused-ring (bicyclic) bond motifs is 1. The topological polar surface area (TPSA) is 42.0 Å². The molecule has 0 saturated heterocycles. The number of para-hydroxylation sites is 1. The number of likely N-dealkylation sites (N-methyl/N-ethyl adjacent to an activating group) is 1. The van der Waals surface area contributed by atoms with Gasteiger partial charge in [-0.1, -0.05) is 42.5 Å². The lowest BCUT2D eigenvalue weighted by Gasteiger charge is -2.28. The molecule has 0 saturated carbocycles. The molecule has 1 heterocycles. The molecule has 0 aliphatic carbocycles.